The Kier molecular flexibility index (Phi) is 3.75. The first-order valence-corrected chi connectivity index (χ1v) is 5.79. The number of pyridine rings is 1. The molecule has 98 valence electrons. The zero-order chi connectivity index (χ0) is 13.8. The quantitative estimate of drug-likeness (QED) is 0.921. The van der Waals surface area contributed by atoms with Crippen LogP contribution < -0.4 is 10.2 Å². The van der Waals surface area contributed by atoms with E-state index in [9.17, 15) is 9.18 Å². The number of nitrogens with zero attached hydrogens (tertiary/aromatic N) is 2. The van der Waals surface area contributed by atoms with Crippen LogP contribution in [0.15, 0.2) is 42.6 Å². The maximum atomic E-state index is 12.8. The molecule has 0 radical (unpaired) electrons. The van der Waals surface area contributed by atoms with Gasteiger partial charge in [0.05, 0.1) is 0 Å². The molecule has 1 aromatic heterocycles. The molecule has 1 aromatic carbocycles. The number of aromatic nitrogens is 1. The molecule has 5 heteroatoms. The summed E-state index contributed by atoms with van der Waals surface area (Å²) < 4.78 is 12.8. The van der Waals surface area contributed by atoms with Crippen molar-refractivity contribution < 1.29 is 9.18 Å². The van der Waals surface area contributed by atoms with Crippen molar-refractivity contribution in [3.63, 3.8) is 0 Å². The molecule has 0 fully saturated rings. The van der Waals surface area contributed by atoms with Crippen LogP contribution in [0.4, 0.5) is 15.8 Å². The van der Waals surface area contributed by atoms with Crippen molar-refractivity contribution in [2.45, 2.75) is 0 Å². The van der Waals surface area contributed by atoms with Crippen LogP contribution in [0.3, 0.4) is 0 Å². The van der Waals surface area contributed by atoms with Gasteiger partial charge in [-0.2, -0.15) is 0 Å². The molecule has 4 nitrogen and oxygen atoms in total. The number of nitrogens with one attached hydrogen (secondary N) is 1. The van der Waals surface area contributed by atoms with Gasteiger partial charge >= 0.3 is 0 Å². The summed E-state index contributed by atoms with van der Waals surface area (Å²) in [5.41, 5.74) is 1.76. The number of carbonyl (C=O) groups excluding carboxylic acids is 1. The van der Waals surface area contributed by atoms with Crippen molar-refractivity contribution in [1.82, 2.24) is 4.98 Å². The second-order valence-electron chi connectivity index (χ2n) is 4.02. The van der Waals surface area contributed by atoms with Gasteiger partial charge in [0.2, 0.25) is 0 Å². The molecule has 0 atom stereocenters. The van der Waals surface area contributed by atoms with Gasteiger partial charge in [-0.1, -0.05) is 0 Å². The molecule has 1 amide bonds. The lowest BCUT2D eigenvalue weighted by Crippen LogP contribution is -2.27. The third-order valence-corrected chi connectivity index (χ3v) is 2.79. The van der Waals surface area contributed by atoms with Crippen molar-refractivity contribution in [2.24, 2.45) is 0 Å². The van der Waals surface area contributed by atoms with Crippen molar-refractivity contribution >= 4 is 17.3 Å². The number of hydrogen-bond donors (Lipinski definition) is 1. The van der Waals surface area contributed by atoms with Crippen LogP contribution in [-0.2, 0) is 0 Å². The van der Waals surface area contributed by atoms with Crippen LogP contribution in [0.1, 0.15) is 10.5 Å². The standard InChI is InChI=1S/C14H14FN3O/c1-16-11-7-8-17-13(9-11)14(19)18(2)12-5-3-10(15)4-6-12/h3-9H,1-2H3,(H,16,17). The first kappa shape index (κ1) is 13.0. The minimum Gasteiger partial charge on any atom is -0.388 e. The average Bonchev–Trinajstić information content (AvgIpc) is 2.46. The van der Waals surface area contributed by atoms with Gasteiger partial charge in [0.15, 0.2) is 0 Å². The Balaban J connectivity index is 2.25. The van der Waals surface area contributed by atoms with Gasteiger partial charge in [-0.25, -0.2) is 4.39 Å². The molecule has 2 aromatic rings. The normalized spacial score (nSPS) is 10.1. The van der Waals surface area contributed by atoms with Gasteiger partial charge in [0.25, 0.3) is 5.91 Å². The Morgan fingerprint density at radius 2 is 1.95 bits per heavy atom. The minimum absolute atomic E-state index is 0.247. The first-order valence-electron chi connectivity index (χ1n) is 5.79. The highest BCUT2D eigenvalue weighted by Gasteiger charge is 2.15. The number of hydrogen-bond acceptors (Lipinski definition) is 3. The lowest BCUT2D eigenvalue weighted by Gasteiger charge is -2.17. The third-order valence-electron chi connectivity index (χ3n) is 2.79. The van der Waals surface area contributed by atoms with E-state index in [1.54, 1.807) is 44.6 Å². The molecule has 1 N–H and O–H groups in total. The van der Waals surface area contributed by atoms with Gasteiger partial charge in [0, 0.05) is 31.7 Å². The van der Waals surface area contributed by atoms with Crippen LogP contribution in [0, 0.1) is 5.82 Å². The van der Waals surface area contributed by atoms with E-state index in [1.165, 1.54) is 17.0 Å². The van der Waals surface area contributed by atoms with E-state index in [2.05, 4.69) is 10.3 Å². The van der Waals surface area contributed by atoms with Gasteiger partial charge in [-0.05, 0) is 36.4 Å². The number of amides is 1. The third kappa shape index (κ3) is 2.88. The van der Waals surface area contributed by atoms with E-state index >= 15 is 0 Å². The highest BCUT2D eigenvalue weighted by Crippen LogP contribution is 2.16. The summed E-state index contributed by atoms with van der Waals surface area (Å²) in [4.78, 5) is 17.7. The predicted molar refractivity (Wildman–Crippen MR) is 72.9 cm³/mol. The molecule has 0 aliphatic heterocycles. The molecule has 0 saturated carbocycles. The molecule has 2 rings (SSSR count). The Morgan fingerprint density at radius 1 is 1.26 bits per heavy atom. The summed E-state index contributed by atoms with van der Waals surface area (Å²) in [7, 11) is 3.40. The average molecular weight is 259 g/mol. The molecular weight excluding hydrogens is 245 g/mol. The van der Waals surface area contributed by atoms with E-state index in [1.807, 2.05) is 0 Å². The van der Waals surface area contributed by atoms with Crippen LogP contribution in [0.5, 0.6) is 0 Å². The maximum Gasteiger partial charge on any atom is 0.276 e. The Hall–Kier alpha value is -2.43. The monoisotopic (exact) mass is 259 g/mol. The molecular formula is C14H14FN3O. The van der Waals surface area contributed by atoms with Gasteiger partial charge in [-0.3, -0.25) is 9.78 Å². The van der Waals surface area contributed by atoms with Crippen molar-refractivity contribution in [1.29, 1.82) is 0 Å². The summed E-state index contributed by atoms with van der Waals surface area (Å²) in [6.07, 6.45) is 1.57. The molecule has 0 bridgehead atoms. The molecule has 19 heavy (non-hydrogen) atoms. The molecule has 0 spiro atoms. The lowest BCUT2D eigenvalue weighted by molar-refractivity contribution is 0.0988. The fourth-order valence-corrected chi connectivity index (χ4v) is 1.66. The smallest absolute Gasteiger partial charge is 0.276 e. The molecule has 1 heterocycles. The zero-order valence-electron chi connectivity index (χ0n) is 10.7. The predicted octanol–water partition coefficient (Wildman–Crippen LogP) is 2.54. The minimum atomic E-state index is -0.333. The summed E-state index contributed by atoms with van der Waals surface area (Å²) in [5, 5.41) is 2.95. The zero-order valence-corrected chi connectivity index (χ0v) is 10.7. The molecule has 0 aliphatic carbocycles. The first-order chi connectivity index (χ1) is 9.11. The fourth-order valence-electron chi connectivity index (χ4n) is 1.66. The Morgan fingerprint density at radius 3 is 2.58 bits per heavy atom. The fraction of sp³-hybridized carbons (Fsp3) is 0.143. The SMILES string of the molecule is CNc1ccnc(C(=O)N(C)c2ccc(F)cc2)c1. The van der Waals surface area contributed by atoms with Gasteiger partial charge < -0.3 is 10.2 Å². The maximum absolute atomic E-state index is 12.8. The van der Waals surface area contributed by atoms with Gasteiger partial charge in [0.1, 0.15) is 11.5 Å². The highest BCUT2D eigenvalue weighted by atomic mass is 19.1. The van der Waals surface area contributed by atoms with Crippen molar-refractivity contribution in [2.75, 3.05) is 24.3 Å². The number of halogens is 1. The number of benzene rings is 1. The lowest BCUT2D eigenvalue weighted by atomic mass is 10.2. The highest BCUT2D eigenvalue weighted by molar-refractivity contribution is 6.04. The van der Waals surface area contributed by atoms with Crippen molar-refractivity contribution in [3.8, 4) is 0 Å². The van der Waals surface area contributed by atoms with E-state index in [4.69, 9.17) is 0 Å². The Labute approximate surface area is 110 Å². The van der Waals surface area contributed by atoms with Crippen LogP contribution in [0.2, 0.25) is 0 Å². The van der Waals surface area contributed by atoms with Crippen LogP contribution in [0.25, 0.3) is 0 Å². The second kappa shape index (κ2) is 5.48. The Bertz CT molecular complexity index is 583. The second-order valence-corrected chi connectivity index (χ2v) is 4.02. The number of rotatable bonds is 3. The van der Waals surface area contributed by atoms with Crippen LogP contribution >= 0.6 is 0 Å². The van der Waals surface area contributed by atoms with E-state index in [0.717, 1.165) is 5.69 Å². The summed E-state index contributed by atoms with van der Waals surface area (Å²) in [6.45, 7) is 0. The largest absolute Gasteiger partial charge is 0.388 e. The van der Waals surface area contributed by atoms with E-state index < -0.39 is 0 Å². The summed E-state index contributed by atoms with van der Waals surface area (Å²) >= 11 is 0. The summed E-state index contributed by atoms with van der Waals surface area (Å²) in [6, 6.07) is 9.18. The van der Waals surface area contributed by atoms with Gasteiger partial charge in [-0.15, -0.1) is 0 Å². The summed E-state index contributed by atoms with van der Waals surface area (Å²) in [5.74, 6) is -0.580. The van der Waals surface area contributed by atoms with Crippen molar-refractivity contribution in [3.05, 3.63) is 54.1 Å². The molecule has 0 aliphatic rings. The van der Waals surface area contributed by atoms with E-state index in [-0.39, 0.29) is 11.7 Å². The van der Waals surface area contributed by atoms with Crippen LogP contribution in [-0.4, -0.2) is 25.0 Å². The number of carbonyl (C=O) groups is 1. The van der Waals surface area contributed by atoms with E-state index in [0.29, 0.717) is 11.4 Å². The number of anilines is 2. The molecule has 0 saturated heterocycles. The molecule has 0 unspecified atom stereocenters. The topological polar surface area (TPSA) is 45.2 Å².